The highest BCUT2D eigenvalue weighted by Crippen LogP contribution is 2.30. The number of alkyl halides is 1. The first-order valence-electron chi connectivity index (χ1n) is 5.95. The van der Waals surface area contributed by atoms with Gasteiger partial charge in [-0.1, -0.05) is 34.0 Å². The fourth-order valence-electron chi connectivity index (χ4n) is 2.21. The van der Waals surface area contributed by atoms with Gasteiger partial charge >= 0.3 is 0 Å². The zero-order chi connectivity index (χ0) is 13.1. The standard InChI is InChI=1S/C13H14BrClFNO/c14-11-3-1-2-8(11)7-17-13(18)10-6-9(15)4-5-12(10)16/h4-6,8,11H,1-3,7H2,(H,17,18). The van der Waals surface area contributed by atoms with E-state index in [2.05, 4.69) is 21.2 Å². The van der Waals surface area contributed by atoms with Gasteiger partial charge in [0.1, 0.15) is 5.82 Å². The molecule has 2 atom stereocenters. The van der Waals surface area contributed by atoms with Crippen molar-refractivity contribution in [1.29, 1.82) is 0 Å². The molecule has 2 rings (SSSR count). The van der Waals surface area contributed by atoms with E-state index in [1.807, 2.05) is 0 Å². The minimum absolute atomic E-state index is 0.00613. The summed E-state index contributed by atoms with van der Waals surface area (Å²) in [6.07, 6.45) is 3.39. The molecule has 18 heavy (non-hydrogen) atoms. The molecule has 1 amide bonds. The fraction of sp³-hybridized carbons (Fsp3) is 0.462. The normalized spacial score (nSPS) is 23.1. The van der Waals surface area contributed by atoms with Crippen molar-refractivity contribution in [3.8, 4) is 0 Å². The molecule has 1 aliphatic carbocycles. The van der Waals surface area contributed by atoms with Gasteiger partial charge in [-0.3, -0.25) is 4.79 Å². The molecule has 1 N–H and O–H groups in total. The van der Waals surface area contributed by atoms with Crippen LogP contribution in [0.15, 0.2) is 18.2 Å². The second-order valence-electron chi connectivity index (χ2n) is 4.54. The molecule has 1 fully saturated rings. The molecular formula is C13H14BrClFNO. The Labute approximate surface area is 119 Å². The highest BCUT2D eigenvalue weighted by atomic mass is 79.9. The zero-order valence-corrected chi connectivity index (χ0v) is 12.1. The Kier molecular flexibility index (Phi) is 4.62. The number of carbonyl (C=O) groups excluding carboxylic acids is 1. The van der Waals surface area contributed by atoms with Gasteiger partial charge in [0.05, 0.1) is 5.56 Å². The zero-order valence-electron chi connectivity index (χ0n) is 9.76. The summed E-state index contributed by atoms with van der Waals surface area (Å²) < 4.78 is 13.5. The SMILES string of the molecule is O=C(NCC1CCCC1Br)c1cc(Cl)ccc1F. The van der Waals surface area contributed by atoms with Gasteiger partial charge in [-0.25, -0.2) is 4.39 Å². The first kappa shape index (κ1) is 13.8. The molecule has 0 heterocycles. The van der Waals surface area contributed by atoms with Crippen molar-refractivity contribution in [2.24, 2.45) is 5.92 Å². The maximum Gasteiger partial charge on any atom is 0.254 e. The molecule has 1 aromatic carbocycles. The molecule has 5 heteroatoms. The summed E-state index contributed by atoms with van der Waals surface area (Å²) in [5, 5.41) is 3.13. The van der Waals surface area contributed by atoms with Gasteiger partial charge in [-0.2, -0.15) is 0 Å². The van der Waals surface area contributed by atoms with E-state index in [1.165, 1.54) is 24.6 Å². The predicted molar refractivity (Wildman–Crippen MR) is 73.8 cm³/mol. The van der Waals surface area contributed by atoms with E-state index in [1.54, 1.807) is 0 Å². The molecule has 0 aliphatic heterocycles. The van der Waals surface area contributed by atoms with Crippen molar-refractivity contribution in [2.75, 3.05) is 6.54 Å². The Morgan fingerprint density at radius 1 is 1.50 bits per heavy atom. The second-order valence-corrected chi connectivity index (χ2v) is 6.15. The van der Waals surface area contributed by atoms with E-state index in [9.17, 15) is 9.18 Å². The van der Waals surface area contributed by atoms with Gasteiger partial charge in [-0.15, -0.1) is 0 Å². The molecule has 98 valence electrons. The average molecular weight is 335 g/mol. The first-order valence-corrected chi connectivity index (χ1v) is 7.24. The monoisotopic (exact) mass is 333 g/mol. The average Bonchev–Trinajstić information content (AvgIpc) is 2.75. The third-order valence-electron chi connectivity index (χ3n) is 3.26. The number of hydrogen-bond donors (Lipinski definition) is 1. The summed E-state index contributed by atoms with van der Waals surface area (Å²) in [7, 11) is 0. The highest BCUT2D eigenvalue weighted by molar-refractivity contribution is 9.09. The van der Waals surface area contributed by atoms with E-state index in [0.717, 1.165) is 12.8 Å². The summed E-state index contributed by atoms with van der Waals surface area (Å²) in [4.78, 5) is 12.3. The van der Waals surface area contributed by atoms with Crippen molar-refractivity contribution in [2.45, 2.75) is 24.1 Å². The van der Waals surface area contributed by atoms with E-state index >= 15 is 0 Å². The maximum atomic E-state index is 13.5. The summed E-state index contributed by atoms with van der Waals surface area (Å²) in [5.74, 6) is -0.517. The van der Waals surface area contributed by atoms with Crippen LogP contribution in [0.5, 0.6) is 0 Å². The molecule has 2 unspecified atom stereocenters. The first-order chi connectivity index (χ1) is 8.58. The largest absolute Gasteiger partial charge is 0.352 e. The van der Waals surface area contributed by atoms with E-state index in [-0.39, 0.29) is 5.56 Å². The van der Waals surface area contributed by atoms with Crippen LogP contribution < -0.4 is 5.32 Å². The van der Waals surface area contributed by atoms with Gasteiger partial charge in [0.15, 0.2) is 0 Å². The summed E-state index contributed by atoms with van der Waals surface area (Å²) in [6, 6.07) is 3.99. The van der Waals surface area contributed by atoms with Crippen LogP contribution in [0.25, 0.3) is 0 Å². The minimum atomic E-state index is -0.543. The smallest absolute Gasteiger partial charge is 0.254 e. The topological polar surface area (TPSA) is 29.1 Å². The molecule has 2 nitrogen and oxygen atoms in total. The lowest BCUT2D eigenvalue weighted by atomic mass is 10.1. The van der Waals surface area contributed by atoms with Crippen molar-refractivity contribution >= 4 is 33.4 Å². The van der Waals surface area contributed by atoms with Crippen LogP contribution in [0.1, 0.15) is 29.6 Å². The van der Waals surface area contributed by atoms with E-state index in [4.69, 9.17) is 11.6 Å². The van der Waals surface area contributed by atoms with Crippen molar-refractivity contribution < 1.29 is 9.18 Å². The van der Waals surface area contributed by atoms with Gasteiger partial charge in [0, 0.05) is 16.4 Å². The van der Waals surface area contributed by atoms with Crippen LogP contribution in [-0.2, 0) is 0 Å². The third-order valence-corrected chi connectivity index (χ3v) is 4.70. The van der Waals surface area contributed by atoms with Crippen LogP contribution >= 0.6 is 27.5 Å². The Bertz CT molecular complexity index is 455. The summed E-state index contributed by atoms with van der Waals surface area (Å²) in [5.41, 5.74) is 0.00613. The van der Waals surface area contributed by atoms with Crippen LogP contribution in [0.4, 0.5) is 4.39 Å². The molecule has 0 spiro atoms. The molecule has 1 aromatic rings. The molecule has 1 saturated carbocycles. The van der Waals surface area contributed by atoms with E-state index in [0.29, 0.717) is 22.3 Å². The second kappa shape index (κ2) is 6.02. The van der Waals surface area contributed by atoms with Gasteiger partial charge in [0.25, 0.3) is 5.91 Å². The Morgan fingerprint density at radius 3 is 2.94 bits per heavy atom. The number of halogens is 3. The highest BCUT2D eigenvalue weighted by Gasteiger charge is 2.25. The predicted octanol–water partition coefficient (Wildman–Crippen LogP) is 3.77. The van der Waals surface area contributed by atoms with Crippen LogP contribution in [-0.4, -0.2) is 17.3 Å². The number of rotatable bonds is 3. The molecule has 1 aliphatic rings. The van der Waals surface area contributed by atoms with Crippen LogP contribution in [0, 0.1) is 11.7 Å². The molecule has 0 aromatic heterocycles. The van der Waals surface area contributed by atoms with Gasteiger partial charge in [-0.05, 0) is 37.0 Å². The van der Waals surface area contributed by atoms with Crippen LogP contribution in [0.2, 0.25) is 5.02 Å². The van der Waals surface area contributed by atoms with Crippen molar-refractivity contribution in [3.63, 3.8) is 0 Å². The number of hydrogen-bond acceptors (Lipinski definition) is 1. The van der Waals surface area contributed by atoms with Crippen LogP contribution in [0.3, 0.4) is 0 Å². The quantitative estimate of drug-likeness (QED) is 0.838. The Balaban J connectivity index is 1.97. The number of carbonyl (C=O) groups is 1. The molecule has 0 bridgehead atoms. The summed E-state index contributed by atoms with van der Waals surface area (Å²) >= 11 is 9.35. The third kappa shape index (κ3) is 3.23. The van der Waals surface area contributed by atoms with Crippen molar-refractivity contribution in [1.82, 2.24) is 5.32 Å². The lowest BCUT2D eigenvalue weighted by Gasteiger charge is -2.15. The Hall–Kier alpha value is -0.610. The van der Waals surface area contributed by atoms with E-state index < -0.39 is 11.7 Å². The number of benzene rings is 1. The van der Waals surface area contributed by atoms with Gasteiger partial charge in [0.2, 0.25) is 0 Å². The fourth-order valence-corrected chi connectivity index (χ4v) is 3.16. The summed E-state index contributed by atoms with van der Waals surface area (Å²) in [6.45, 7) is 0.570. The molecule has 0 saturated heterocycles. The van der Waals surface area contributed by atoms with Crippen molar-refractivity contribution in [3.05, 3.63) is 34.6 Å². The molecular weight excluding hydrogens is 321 g/mol. The lowest BCUT2D eigenvalue weighted by molar-refractivity contribution is 0.0944. The molecule has 0 radical (unpaired) electrons. The minimum Gasteiger partial charge on any atom is -0.352 e. The lowest BCUT2D eigenvalue weighted by Crippen LogP contribution is -2.31. The maximum absolute atomic E-state index is 13.5. The Morgan fingerprint density at radius 2 is 2.28 bits per heavy atom. The number of amides is 1. The van der Waals surface area contributed by atoms with Gasteiger partial charge < -0.3 is 5.32 Å². The number of nitrogens with one attached hydrogen (secondary N) is 1.